The summed E-state index contributed by atoms with van der Waals surface area (Å²) in [6, 6.07) is 5.82. The van der Waals surface area contributed by atoms with E-state index < -0.39 is 0 Å². The minimum absolute atomic E-state index is 0.311. The quantitative estimate of drug-likeness (QED) is 0.646. The summed E-state index contributed by atoms with van der Waals surface area (Å²) >= 11 is 3.40. The summed E-state index contributed by atoms with van der Waals surface area (Å²) in [7, 11) is 0. The summed E-state index contributed by atoms with van der Waals surface area (Å²) in [5, 5.41) is 0. The zero-order chi connectivity index (χ0) is 11.4. The molecule has 16 heavy (non-hydrogen) atoms. The Morgan fingerprint density at radius 2 is 2.19 bits per heavy atom. The van der Waals surface area contributed by atoms with Crippen LogP contribution in [-0.2, 0) is 11.3 Å². The van der Waals surface area contributed by atoms with Crippen LogP contribution in [0.4, 0.5) is 0 Å². The molecule has 2 rings (SSSR count). The first kappa shape index (κ1) is 11.9. The van der Waals surface area contributed by atoms with Crippen LogP contribution in [0.5, 0.6) is 5.75 Å². The Hall–Kier alpha value is -0.580. The van der Waals surface area contributed by atoms with Crippen molar-refractivity contribution in [3.63, 3.8) is 0 Å². The van der Waals surface area contributed by atoms with Crippen LogP contribution in [0.2, 0.25) is 0 Å². The van der Waals surface area contributed by atoms with Crippen LogP contribution in [-0.4, -0.2) is 13.4 Å². The fourth-order valence-corrected chi connectivity index (χ4v) is 1.86. The first-order valence-electron chi connectivity index (χ1n) is 5.48. The van der Waals surface area contributed by atoms with E-state index in [1.165, 1.54) is 12.8 Å². The summed E-state index contributed by atoms with van der Waals surface area (Å²) in [4.78, 5) is 0. The topological polar surface area (TPSA) is 44.5 Å². The van der Waals surface area contributed by atoms with E-state index in [2.05, 4.69) is 15.9 Å². The van der Waals surface area contributed by atoms with Crippen molar-refractivity contribution in [2.45, 2.75) is 19.4 Å². The molecule has 0 spiro atoms. The van der Waals surface area contributed by atoms with Crippen molar-refractivity contribution in [2.24, 2.45) is 11.7 Å². The lowest BCUT2D eigenvalue weighted by Gasteiger charge is -2.10. The lowest BCUT2D eigenvalue weighted by Crippen LogP contribution is -2.08. The average Bonchev–Trinajstić information content (AvgIpc) is 3.09. The lowest BCUT2D eigenvalue weighted by atomic mass is 10.2. The minimum Gasteiger partial charge on any atom is -0.467 e. The smallest absolute Gasteiger partial charge is 0.189 e. The molecule has 0 amide bonds. The molecular weight excluding hydrogens is 270 g/mol. The number of hydrogen-bond acceptors (Lipinski definition) is 3. The Bertz CT molecular complexity index is 353. The number of hydrogen-bond donors (Lipinski definition) is 1. The zero-order valence-electron chi connectivity index (χ0n) is 9.12. The van der Waals surface area contributed by atoms with Gasteiger partial charge in [0.1, 0.15) is 5.75 Å². The van der Waals surface area contributed by atoms with Crippen LogP contribution in [0.25, 0.3) is 0 Å². The standard InChI is InChI=1S/C12H16BrNO2/c13-11-3-4-12(10(5-11)6-14)16-8-15-7-9-1-2-9/h3-5,9H,1-2,6-8,14H2. The summed E-state index contributed by atoms with van der Waals surface area (Å²) in [6.45, 7) is 1.59. The third-order valence-electron chi connectivity index (χ3n) is 2.59. The summed E-state index contributed by atoms with van der Waals surface area (Å²) in [5.74, 6) is 1.57. The van der Waals surface area contributed by atoms with Crippen LogP contribution < -0.4 is 10.5 Å². The van der Waals surface area contributed by atoms with E-state index in [0.717, 1.165) is 28.3 Å². The van der Waals surface area contributed by atoms with Crippen LogP contribution >= 0.6 is 15.9 Å². The van der Waals surface area contributed by atoms with Gasteiger partial charge in [0.05, 0.1) is 6.61 Å². The van der Waals surface area contributed by atoms with Crippen molar-refractivity contribution >= 4 is 15.9 Å². The van der Waals surface area contributed by atoms with Crippen molar-refractivity contribution in [1.82, 2.24) is 0 Å². The molecule has 1 aliphatic rings. The monoisotopic (exact) mass is 285 g/mol. The van der Waals surface area contributed by atoms with E-state index in [1.54, 1.807) is 0 Å². The van der Waals surface area contributed by atoms with Gasteiger partial charge in [-0.15, -0.1) is 0 Å². The van der Waals surface area contributed by atoms with Crippen LogP contribution in [0, 0.1) is 5.92 Å². The minimum atomic E-state index is 0.311. The van der Waals surface area contributed by atoms with E-state index in [4.69, 9.17) is 15.2 Å². The second-order valence-corrected chi connectivity index (χ2v) is 4.95. The lowest BCUT2D eigenvalue weighted by molar-refractivity contribution is 0.00947. The maximum atomic E-state index is 5.64. The summed E-state index contributed by atoms with van der Waals surface area (Å²) in [6.07, 6.45) is 2.60. The van der Waals surface area contributed by atoms with Crippen LogP contribution in [0.3, 0.4) is 0 Å². The number of nitrogens with two attached hydrogens (primary N) is 1. The maximum absolute atomic E-state index is 5.64. The third-order valence-corrected chi connectivity index (χ3v) is 3.08. The van der Waals surface area contributed by atoms with Gasteiger partial charge in [-0.1, -0.05) is 15.9 Å². The molecule has 2 N–H and O–H groups in total. The molecule has 0 saturated heterocycles. The van der Waals surface area contributed by atoms with Gasteiger partial charge in [-0.05, 0) is 37.0 Å². The highest BCUT2D eigenvalue weighted by Gasteiger charge is 2.21. The van der Waals surface area contributed by atoms with Crippen LogP contribution in [0.1, 0.15) is 18.4 Å². The van der Waals surface area contributed by atoms with Gasteiger partial charge in [0.2, 0.25) is 0 Å². The second kappa shape index (κ2) is 5.66. The number of halogens is 1. The Labute approximate surface area is 104 Å². The van der Waals surface area contributed by atoms with Gasteiger partial charge in [0.25, 0.3) is 0 Å². The first-order valence-corrected chi connectivity index (χ1v) is 6.28. The van der Waals surface area contributed by atoms with Gasteiger partial charge in [-0.25, -0.2) is 0 Å². The highest BCUT2D eigenvalue weighted by Crippen LogP contribution is 2.29. The molecule has 0 aromatic heterocycles. The van der Waals surface area contributed by atoms with Crippen molar-refractivity contribution in [1.29, 1.82) is 0 Å². The normalized spacial score (nSPS) is 15.1. The fourth-order valence-electron chi connectivity index (χ4n) is 1.45. The van der Waals surface area contributed by atoms with Crippen molar-refractivity contribution in [3.8, 4) is 5.75 Å². The van der Waals surface area contributed by atoms with Gasteiger partial charge in [0.15, 0.2) is 6.79 Å². The molecule has 0 atom stereocenters. The van der Waals surface area contributed by atoms with Gasteiger partial charge in [0, 0.05) is 16.6 Å². The number of rotatable bonds is 6. The molecule has 0 aliphatic heterocycles. The Morgan fingerprint density at radius 1 is 1.38 bits per heavy atom. The van der Waals surface area contributed by atoms with Gasteiger partial charge in [-0.2, -0.15) is 0 Å². The molecule has 1 aromatic carbocycles. The molecular formula is C12H16BrNO2. The maximum Gasteiger partial charge on any atom is 0.189 e. The molecule has 0 radical (unpaired) electrons. The molecule has 4 heteroatoms. The summed E-state index contributed by atoms with van der Waals surface area (Å²) < 4.78 is 12.0. The first-order chi connectivity index (χ1) is 7.79. The van der Waals surface area contributed by atoms with Gasteiger partial charge < -0.3 is 15.2 Å². The van der Waals surface area contributed by atoms with Crippen LogP contribution in [0.15, 0.2) is 22.7 Å². The molecule has 0 unspecified atom stereocenters. The Balaban J connectivity index is 1.82. The van der Waals surface area contributed by atoms with Crippen molar-refractivity contribution in [3.05, 3.63) is 28.2 Å². The molecule has 1 aliphatic carbocycles. The van der Waals surface area contributed by atoms with Gasteiger partial charge >= 0.3 is 0 Å². The van der Waals surface area contributed by atoms with E-state index in [1.807, 2.05) is 18.2 Å². The van der Waals surface area contributed by atoms with E-state index in [9.17, 15) is 0 Å². The van der Waals surface area contributed by atoms with E-state index >= 15 is 0 Å². The van der Waals surface area contributed by atoms with Gasteiger partial charge in [-0.3, -0.25) is 0 Å². The van der Waals surface area contributed by atoms with E-state index in [0.29, 0.717) is 13.3 Å². The predicted octanol–water partition coefficient (Wildman–Crippen LogP) is 2.67. The SMILES string of the molecule is NCc1cc(Br)ccc1OCOCC1CC1. The average molecular weight is 286 g/mol. The largest absolute Gasteiger partial charge is 0.467 e. The van der Waals surface area contributed by atoms with Crippen molar-refractivity contribution in [2.75, 3.05) is 13.4 Å². The Morgan fingerprint density at radius 3 is 2.88 bits per heavy atom. The molecule has 1 fully saturated rings. The molecule has 1 saturated carbocycles. The highest BCUT2D eigenvalue weighted by atomic mass is 79.9. The second-order valence-electron chi connectivity index (χ2n) is 4.03. The number of benzene rings is 1. The predicted molar refractivity (Wildman–Crippen MR) is 66.2 cm³/mol. The Kier molecular flexibility index (Phi) is 4.21. The van der Waals surface area contributed by atoms with Crippen molar-refractivity contribution < 1.29 is 9.47 Å². The highest BCUT2D eigenvalue weighted by molar-refractivity contribution is 9.10. The molecule has 0 bridgehead atoms. The third kappa shape index (κ3) is 3.47. The molecule has 3 nitrogen and oxygen atoms in total. The van der Waals surface area contributed by atoms with E-state index in [-0.39, 0.29) is 0 Å². The summed E-state index contributed by atoms with van der Waals surface area (Å²) in [5.41, 5.74) is 6.63. The number of ether oxygens (including phenoxy) is 2. The fraction of sp³-hybridized carbons (Fsp3) is 0.500. The molecule has 1 aromatic rings. The molecule has 0 heterocycles. The zero-order valence-corrected chi connectivity index (χ0v) is 10.7. The molecule has 88 valence electrons.